The zero-order valence-corrected chi connectivity index (χ0v) is 13.6. The van der Waals surface area contributed by atoms with Crippen molar-refractivity contribution in [2.45, 2.75) is 19.4 Å². The Labute approximate surface area is 141 Å². The van der Waals surface area contributed by atoms with Crippen molar-refractivity contribution in [1.82, 2.24) is 15.2 Å². The minimum atomic E-state index is 0.120. The van der Waals surface area contributed by atoms with Crippen molar-refractivity contribution in [3.63, 3.8) is 0 Å². The molecule has 1 aliphatic rings. The van der Waals surface area contributed by atoms with Gasteiger partial charge in [0.25, 0.3) is 0 Å². The van der Waals surface area contributed by atoms with Crippen molar-refractivity contribution in [1.29, 1.82) is 0 Å². The Morgan fingerprint density at radius 2 is 1.83 bits per heavy atom. The average Bonchev–Trinajstić information content (AvgIpc) is 3.07. The maximum absolute atomic E-state index is 4.66. The average molecular weight is 317 g/mol. The molecule has 1 unspecified atom stereocenters. The molecule has 1 N–H and O–H groups in total. The van der Waals surface area contributed by atoms with Crippen LogP contribution in [0.15, 0.2) is 60.8 Å². The molecule has 3 aromatic rings. The van der Waals surface area contributed by atoms with Crippen LogP contribution in [0.25, 0.3) is 0 Å². The Kier molecular flexibility index (Phi) is 3.83. The second-order valence-corrected chi connectivity index (χ2v) is 5.95. The van der Waals surface area contributed by atoms with Crippen LogP contribution in [0, 0.1) is 0 Å². The van der Waals surface area contributed by atoms with Crippen molar-refractivity contribution in [3.05, 3.63) is 71.9 Å². The molecule has 0 saturated carbocycles. The number of para-hydroxylation sites is 1. The number of anilines is 3. The predicted molar refractivity (Wildman–Crippen MR) is 95.5 cm³/mol. The van der Waals surface area contributed by atoms with Gasteiger partial charge in [0.1, 0.15) is 0 Å². The largest absolute Gasteiger partial charge is 0.346 e. The molecule has 120 valence electrons. The van der Waals surface area contributed by atoms with Crippen LogP contribution >= 0.6 is 0 Å². The van der Waals surface area contributed by atoms with Gasteiger partial charge in [0.05, 0.1) is 12.2 Å². The van der Waals surface area contributed by atoms with Gasteiger partial charge < -0.3 is 10.2 Å². The minimum Gasteiger partial charge on any atom is -0.346 e. The van der Waals surface area contributed by atoms with E-state index in [1.807, 2.05) is 18.2 Å². The molecule has 2 aromatic carbocycles. The monoisotopic (exact) mass is 317 g/mol. The Bertz CT molecular complexity index is 834. The fourth-order valence-corrected chi connectivity index (χ4v) is 3.08. The molecule has 0 spiro atoms. The van der Waals surface area contributed by atoms with Gasteiger partial charge in [-0.3, -0.25) is 0 Å². The molecule has 4 rings (SSSR count). The fraction of sp³-hybridized carbons (Fsp3) is 0.211. The summed E-state index contributed by atoms with van der Waals surface area (Å²) in [6.45, 7) is 3.02. The second-order valence-electron chi connectivity index (χ2n) is 5.95. The highest BCUT2D eigenvalue weighted by Gasteiger charge is 2.21. The Balaban J connectivity index is 1.57. The molecule has 1 aromatic heterocycles. The first-order valence-electron chi connectivity index (χ1n) is 8.18. The third-order valence-corrected chi connectivity index (χ3v) is 4.35. The number of hydrogen-bond acceptors (Lipinski definition) is 5. The van der Waals surface area contributed by atoms with Crippen LogP contribution in [0.4, 0.5) is 17.5 Å². The van der Waals surface area contributed by atoms with Crippen molar-refractivity contribution in [2.24, 2.45) is 0 Å². The molecular weight excluding hydrogens is 298 g/mol. The van der Waals surface area contributed by atoms with Crippen LogP contribution in [0.5, 0.6) is 0 Å². The van der Waals surface area contributed by atoms with E-state index in [2.05, 4.69) is 68.7 Å². The van der Waals surface area contributed by atoms with Gasteiger partial charge in [0.2, 0.25) is 5.95 Å². The topological polar surface area (TPSA) is 53.9 Å². The van der Waals surface area contributed by atoms with Gasteiger partial charge in [-0.2, -0.15) is 10.1 Å². The van der Waals surface area contributed by atoms with E-state index in [-0.39, 0.29) is 6.04 Å². The van der Waals surface area contributed by atoms with Gasteiger partial charge in [-0.1, -0.05) is 48.5 Å². The second kappa shape index (κ2) is 6.28. The standard InChI is InChI=1S/C19H19N5/c1-14(15-7-3-2-4-8-15)21-19-22-18(13-20-23-19)24-12-11-16-9-5-6-10-17(16)24/h2-10,13-14H,11-12H2,1H3,(H,21,22,23). The van der Waals surface area contributed by atoms with E-state index in [9.17, 15) is 0 Å². The summed E-state index contributed by atoms with van der Waals surface area (Å²) >= 11 is 0. The quantitative estimate of drug-likeness (QED) is 0.794. The molecule has 0 bridgehead atoms. The molecule has 5 nitrogen and oxygen atoms in total. The van der Waals surface area contributed by atoms with Crippen molar-refractivity contribution < 1.29 is 0 Å². The molecule has 24 heavy (non-hydrogen) atoms. The van der Waals surface area contributed by atoms with E-state index >= 15 is 0 Å². The summed E-state index contributed by atoms with van der Waals surface area (Å²) in [5.74, 6) is 1.38. The first kappa shape index (κ1) is 14.6. The lowest BCUT2D eigenvalue weighted by atomic mass is 10.1. The third-order valence-electron chi connectivity index (χ3n) is 4.35. The molecule has 1 aliphatic heterocycles. The summed E-state index contributed by atoms with van der Waals surface area (Å²) in [5, 5.41) is 11.6. The Morgan fingerprint density at radius 3 is 2.71 bits per heavy atom. The maximum Gasteiger partial charge on any atom is 0.245 e. The number of hydrogen-bond donors (Lipinski definition) is 1. The third kappa shape index (κ3) is 2.80. The van der Waals surface area contributed by atoms with Crippen molar-refractivity contribution in [3.8, 4) is 0 Å². The van der Waals surface area contributed by atoms with Gasteiger partial charge in [0.15, 0.2) is 5.82 Å². The molecule has 0 amide bonds. The summed E-state index contributed by atoms with van der Waals surface area (Å²) in [4.78, 5) is 6.86. The predicted octanol–water partition coefficient (Wildman–Crippen LogP) is 3.74. The normalized spacial score (nSPS) is 14.3. The molecule has 5 heteroatoms. The van der Waals surface area contributed by atoms with Gasteiger partial charge in [0, 0.05) is 12.2 Å². The van der Waals surface area contributed by atoms with Crippen LogP contribution in [0.1, 0.15) is 24.1 Å². The van der Waals surface area contributed by atoms with Crippen LogP contribution in [0.3, 0.4) is 0 Å². The maximum atomic E-state index is 4.66. The number of aromatic nitrogens is 3. The van der Waals surface area contributed by atoms with Crippen molar-refractivity contribution >= 4 is 17.5 Å². The highest BCUT2D eigenvalue weighted by atomic mass is 15.3. The summed E-state index contributed by atoms with van der Waals surface area (Å²) in [7, 11) is 0. The van der Waals surface area contributed by atoms with E-state index < -0.39 is 0 Å². The number of nitrogens with one attached hydrogen (secondary N) is 1. The Morgan fingerprint density at radius 1 is 1.04 bits per heavy atom. The molecule has 0 radical (unpaired) electrons. The molecule has 0 aliphatic carbocycles. The van der Waals surface area contributed by atoms with Crippen molar-refractivity contribution in [2.75, 3.05) is 16.8 Å². The zero-order chi connectivity index (χ0) is 16.4. The van der Waals surface area contributed by atoms with E-state index in [1.165, 1.54) is 16.8 Å². The number of nitrogens with zero attached hydrogens (tertiary/aromatic N) is 4. The number of fused-ring (bicyclic) bond motifs is 1. The highest BCUT2D eigenvalue weighted by molar-refractivity contribution is 5.67. The van der Waals surface area contributed by atoms with E-state index in [4.69, 9.17) is 0 Å². The van der Waals surface area contributed by atoms with Crippen LogP contribution in [-0.4, -0.2) is 21.7 Å². The SMILES string of the molecule is CC(Nc1nncc(N2CCc3ccccc32)n1)c1ccccc1. The summed E-state index contributed by atoms with van der Waals surface area (Å²) < 4.78 is 0. The van der Waals surface area contributed by atoms with E-state index in [0.717, 1.165) is 18.8 Å². The molecule has 2 heterocycles. The summed E-state index contributed by atoms with van der Waals surface area (Å²) in [5.41, 5.74) is 3.75. The summed E-state index contributed by atoms with van der Waals surface area (Å²) in [6, 6.07) is 18.8. The smallest absolute Gasteiger partial charge is 0.245 e. The lowest BCUT2D eigenvalue weighted by Gasteiger charge is -2.19. The minimum absolute atomic E-state index is 0.120. The van der Waals surface area contributed by atoms with Gasteiger partial charge >= 0.3 is 0 Å². The first-order chi connectivity index (χ1) is 11.8. The molecular formula is C19H19N5. The van der Waals surface area contributed by atoms with E-state index in [0.29, 0.717) is 5.95 Å². The van der Waals surface area contributed by atoms with Gasteiger partial charge in [-0.05, 0) is 30.5 Å². The van der Waals surface area contributed by atoms with Crippen LogP contribution in [0.2, 0.25) is 0 Å². The van der Waals surface area contributed by atoms with Crippen LogP contribution < -0.4 is 10.2 Å². The molecule has 0 saturated heterocycles. The van der Waals surface area contributed by atoms with Gasteiger partial charge in [-0.25, -0.2) is 0 Å². The van der Waals surface area contributed by atoms with E-state index in [1.54, 1.807) is 6.20 Å². The highest BCUT2D eigenvalue weighted by Crippen LogP contribution is 2.33. The molecule has 1 atom stereocenters. The number of rotatable bonds is 4. The zero-order valence-electron chi connectivity index (χ0n) is 13.6. The molecule has 0 fully saturated rings. The fourth-order valence-electron chi connectivity index (χ4n) is 3.08. The number of benzene rings is 2. The summed E-state index contributed by atoms with van der Waals surface area (Å²) in [6.07, 6.45) is 2.75. The lowest BCUT2D eigenvalue weighted by Crippen LogP contribution is -2.17. The van der Waals surface area contributed by atoms with Gasteiger partial charge in [-0.15, -0.1) is 5.10 Å². The first-order valence-corrected chi connectivity index (χ1v) is 8.18. The van der Waals surface area contributed by atoms with Crippen LogP contribution in [-0.2, 0) is 6.42 Å². The Hall–Kier alpha value is -2.95. The lowest BCUT2D eigenvalue weighted by molar-refractivity contribution is 0.832.